The van der Waals surface area contributed by atoms with E-state index < -0.39 is 0 Å². The minimum atomic E-state index is -0.152. The van der Waals surface area contributed by atoms with Crippen LogP contribution in [0.15, 0.2) is 4.52 Å². The first-order valence-corrected chi connectivity index (χ1v) is 8.93. The molecule has 1 fully saturated rings. The summed E-state index contributed by atoms with van der Waals surface area (Å²) in [7, 11) is 2.06. The lowest BCUT2D eigenvalue weighted by atomic mass is 10.1. The van der Waals surface area contributed by atoms with E-state index in [4.69, 9.17) is 4.52 Å². The monoisotopic (exact) mass is 344 g/mol. The van der Waals surface area contributed by atoms with Gasteiger partial charge in [0.25, 0.3) is 5.91 Å². The number of nitrogens with one attached hydrogen (secondary N) is 1. The van der Waals surface area contributed by atoms with Crippen LogP contribution >= 0.6 is 0 Å². The Bertz CT molecular complexity index is 780. The molecule has 8 heteroatoms. The van der Waals surface area contributed by atoms with Gasteiger partial charge in [0.05, 0.1) is 0 Å². The molecule has 0 aliphatic carbocycles. The molecule has 1 N–H and O–H groups in total. The number of fused-ring (bicyclic) bond motifs is 1. The van der Waals surface area contributed by atoms with Crippen molar-refractivity contribution >= 4 is 5.91 Å². The molecule has 1 atom stereocenters. The van der Waals surface area contributed by atoms with Crippen LogP contribution in [0, 0.1) is 0 Å². The number of likely N-dealkylation sites (N-methyl/N-ethyl adjacent to an activating group) is 1. The Balaban J connectivity index is 1.60. The van der Waals surface area contributed by atoms with E-state index in [0.29, 0.717) is 24.0 Å². The van der Waals surface area contributed by atoms with E-state index >= 15 is 0 Å². The third kappa shape index (κ3) is 2.84. The summed E-state index contributed by atoms with van der Waals surface area (Å²) >= 11 is 0. The number of carbonyl (C=O) groups is 1. The summed E-state index contributed by atoms with van der Waals surface area (Å²) in [6, 6.07) is -0.152. The summed E-state index contributed by atoms with van der Waals surface area (Å²) in [5.74, 6) is 1.39. The second kappa shape index (κ2) is 6.25. The highest BCUT2D eigenvalue weighted by Gasteiger charge is 2.37. The predicted molar refractivity (Wildman–Crippen MR) is 90.0 cm³/mol. The molecule has 1 saturated heterocycles. The van der Waals surface area contributed by atoms with Crippen LogP contribution in [0.4, 0.5) is 0 Å². The van der Waals surface area contributed by atoms with Gasteiger partial charge in [-0.05, 0) is 19.9 Å². The largest absolute Gasteiger partial charge is 0.337 e. The molecule has 0 saturated carbocycles. The summed E-state index contributed by atoms with van der Waals surface area (Å²) < 4.78 is 5.45. The SMILES string of the molecule is CC(C)c1noc([C@@H]2CCCN2C(=O)c2n[nH]c3c2CN(C)CC3)n1. The van der Waals surface area contributed by atoms with Gasteiger partial charge in [0.1, 0.15) is 6.04 Å². The molecule has 0 bridgehead atoms. The zero-order chi connectivity index (χ0) is 17.6. The highest BCUT2D eigenvalue weighted by atomic mass is 16.5. The molecule has 25 heavy (non-hydrogen) atoms. The molecule has 2 aromatic rings. The molecule has 0 unspecified atom stereocenters. The van der Waals surface area contributed by atoms with Crippen LogP contribution in [0.2, 0.25) is 0 Å². The quantitative estimate of drug-likeness (QED) is 0.914. The number of aromatic nitrogens is 4. The second-order valence-corrected chi connectivity index (χ2v) is 7.32. The van der Waals surface area contributed by atoms with Crippen molar-refractivity contribution in [1.29, 1.82) is 0 Å². The molecule has 0 spiro atoms. The van der Waals surface area contributed by atoms with E-state index in [0.717, 1.165) is 43.6 Å². The third-order valence-electron chi connectivity index (χ3n) is 5.10. The number of nitrogens with zero attached hydrogens (tertiary/aromatic N) is 5. The normalized spacial score (nSPS) is 21.1. The fourth-order valence-corrected chi connectivity index (χ4v) is 3.63. The van der Waals surface area contributed by atoms with Gasteiger partial charge in [-0.15, -0.1) is 0 Å². The second-order valence-electron chi connectivity index (χ2n) is 7.32. The Hall–Kier alpha value is -2.22. The maximum absolute atomic E-state index is 13.1. The summed E-state index contributed by atoms with van der Waals surface area (Å²) in [5, 5.41) is 11.4. The van der Waals surface area contributed by atoms with Crippen LogP contribution < -0.4 is 0 Å². The van der Waals surface area contributed by atoms with E-state index in [1.54, 1.807) is 0 Å². The lowest BCUT2D eigenvalue weighted by molar-refractivity contribution is 0.0701. The van der Waals surface area contributed by atoms with E-state index in [1.807, 2.05) is 18.7 Å². The van der Waals surface area contributed by atoms with E-state index in [1.165, 1.54) is 0 Å². The molecule has 0 radical (unpaired) electrons. The molecule has 134 valence electrons. The molecule has 2 aromatic heterocycles. The Morgan fingerprint density at radius 3 is 2.96 bits per heavy atom. The first kappa shape index (κ1) is 16.3. The smallest absolute Gasteiger partial charge is 0.275 e. The average Bonchev–Trinajstić information content (AvgIpc) is 3.31. The van der Waals surface area contributed by atoms with Gasteiger partial charge >= 0.3 is 0 Å². The summed E-state index contributed by atoms with van der Waals surface area (Å²) in [6.07, 6.45) is 2.68. The summed E-state index contributed by atoms with van der Waals surface area (Å²) in [5.41, 5.74) is 2.65. The first-order valence-electron chi connectivity index (χ1n) is 8.93. The average molecular weight is 344 g/mol. The maximum Gasteiger partial charge on any atom is 0.275 e. The van der Waals surface area contributed by atoms with Crippen molar-refractivity contribution in [3.8, 4) is 0 Å². The third-order valence-corrected chi connectivity index (χ3v) is 5.10. The molecular formula is C17H24N6O2. The van der Waals surface area contributed by atoms with Crippen molar-refractivity contribution in [3.05, 3.63) is 28.7 Å². The topological polar surface area (TPSA) is 91.2 Å². The molecule has 2 aliphatic rings. The number of amides is 1. The van der Waals surface area contributed by atoms with Crippen LogP contribution in [0.1, 0.15) is 72.1 Å². The van der Waals surface area contributed by atoms with Gasteiger partial charge in [-0.2, -0.15) is 10.1 Å². The van der Waals surface area contributed by atoms with Crippen molar-refractivity contribution in [3.63, 3.8) is 0 Å². The zero-order valence-electron chi connectivity index (χ0n) is 14.9. The number of rotatable bonds is 3. The van der Waals surface area contributed by atoms with Gasteiger partial charge in [-0.3, -0.25) is 9.89 Å². The molecule has 0 aromatic carbocycles. The number of carbonyl (C=O) groups excluding carboxylic acids is 1. The Kier molecular flexibility index (Phi) is 4.07. The molecule has 2 aliphatic heterocycles. The van der Waals surface area contributed by atoms with Crippen LogP contribution in [-0.4, -0.2) is 56.2 Å². The van der Waals surface area contributed by atoms with Gasteiger partial charge in [0, 0.05) is 43.2 Å². The highest BCUT2D eigenvalue weighted by Crippen LogP contribution is 2.33. The van der Waals surface area contributed by atoms with Crippen molar-refractivity contribution in [1.82, 2.24) is 30.1 Å². The molecule has 8 nitrogen and oxygen atoms in total. The summed E-state index contributed by atoms with van der Waals surface area (Å²) in [4.78, 5) is 21.7. The number of H-pyrrole nitrogens is 1. The van der Waals surface area contributed by atoms with Crippen molar-refractivity contribution in [2.24, 2.45) is 0 Å². The standard InChI is InChI=1S/C17H24N6O2/c1-10(2)15-18-16(25-21-15)13-5-4-7-23(13)17(24)14-11-9-22(3)8-6-12(11)19-20-14/h10,13H,4-9H2,1-3H3,(H,19,20)/t13-/m0/s1. The molecular weight excluding hydrogens is 320 g/mol. The predicted octanol–water partition coefficient (Wildman–Crippen LogP) is 1.88. The van der Waals surface area contributed by atoms with E-state index in [2.05, 4.69) is 32.3 Å². The number of likely N-dealkylation sites (tertiary alicyclic amines) is 1. The van der Waals surface area contributed by atoms with Crippen LogP contribution in [0.3, 0.4) is 0 Å². The Labute approximate surface area is 146 Å². The van der Waals surface area contributed by atoms with Crippen LogP contribution in [0.5, 0.6) is 0 Å². The van der Waals surface area contributed by atoms with Crippen molar-refractivity contribution in [2.45, 2.75) is 51.6 Å². The zero-order valence-corrected chi connectivity index (χ0v) is 14.9. The lowest BCUT2D eigenvalue weighted by Crippen LogP contribution is -2.33. The van der Waals surface area contributed by atoms with E-state index in [-0.39, 0.29) is 17.9 Å². The van der Waals surface area contributed by atoms with Gasteiger partial charge in [-0.25, -0.2) is 0 Å². The highest BCUT2D eigenvalue weighted by molar-refractivity contribution is 5.94. The Morgan fingerprint density at radius 2 is 2.20 bits per heavy atom. The number of hydrogen-bond acceptors (Lipinski definition) is 6. The van der Waals surface area contributed by atoms with E-state index in [9.17, 15) is 4.79 Å². The number of aromatic amines is 1. The minimum absolute atomic E-state index is 0.0420. The first-order chi connectivity index (χ1) is 12.0. The number of hydrogen-bond donors (Lipinski definition) is 1. The summed E-state index contributed by atoms with van der Waals surface area (Å²) in [6.45, 7) is 6.48. The molecule has 4 heterocycles. The lowest BCUT2D eigenvalue weighted by Gasteiger charge is -2.24. The van der Waals surface area contributed by atoms with Gasteiger partial charge < -0.3 is 14.3 Å². The molecule has 4 rings (SSSR count). The van der Waals surface area contributed by atoms with Crippen LogP contribution in [0.25, 0.3) is 0 Å². The van der Waals surface area contributed by atoms with Gasteiger partial charge in [0.2, 0.25) is 5.89 Å². The van der Waals surface area contributed by atoms with Crippen LogP contribution in [-0.2, 0) is 13.0 Å². The fraction of sp³-hybridized carbons (Fsp3) is 0.647. The Morgan fingerprint density at radius 1 is 1.36 bits per heavy atom. The minimum Gasteiger partial charge on any atom is -0.337 e. The van der Waals surface area contributed by atoms with Crippen molar-refractivity contribution in [2.75, 3.05) is 20.1 Å². The van der Waals surface area contributed by atoms with Gasteiger partial charge in [-0.1, -0.05) is 19.0 Å². The maximum atomic E-state index is 13.1. The van der Waals surface area contributed by atoms with Crippen molar-refractivity contribution < 1.29 is 9.32 Å². The van der Waals surface area contributed by atoms with Gasteiger partial charge in [0.15, 0.2) is 11.5 Å². The fourth-order valence-electron chi connectivity index (χ4n) is 3.63. The molecule has 1 amide bonds.